The van der Waals surface area contributed by atoms with E-state index in [1.54, 1.807) is 29.2 Å². The number of amides is 1. The minimum absolute atomic E-state index is 0.126. The maximum Gasteiger partial charge on any atom is 0.322 e. The number of thioether (sulfide) groups is 1. The van der Waals surface area contributed by atoms with Crippen LogP contribution in [0.3, 0.4) is 0 Å². The van der Waals surface area contributed by atoms with Crippen molar-refractivity contribution in [1.82, 2.24) is 9.88 Å². The van der Waals surface area contributed by atoms with Gasteiger partial charge in [0.15, 0.2) is 4.34 Å². The van der Waals surface area contributed by atoms with Crippen molar-refractivity contribution in [2.75, 3.05) is 32.9 Å². The third-order valence-corrected chi connectivity index (χ3v) is 8.23. The summed E-state index contributed by atoms with van der Waals surface area (Å²) in [4.78, 5) is 32.5. The van der Waals surface area contributed by atoms with Gasteiger partial charge in [0.1, 0.15) is 21.9 Å². The molecule has 0 unspecified atom stereocenters. The molecule has 0 atom stereocenters. The summed E-state index contributed by atoms with van der Waals surface area (Å²) in [5.41, 5.74) is 2.36. The fourth-order valence-corrected chi connectivity index (χ4v) is 6.22. The minimum atomic E-state index is -0.778. The molecule has 0 saturated carbocycles. The van der Waals surface area contributed by atoms with Crippen LogP contribution in [0, 0.1) is 5.82 Å². The van der Waals surface area contributed by atoms with E-state index < -0.39 is 10.3 Å². The van der Waals surface area contributed by atoms with Crippen molar-refractivity contribution >= 4 is 35.0 Å². The number of esters is 1. The van der Waals surface area contributed by atoms with Gasteiger partial charge in [-0.15, -0.1) is 11.3 Å². The number of aromatic nitrogens is 1. The van der Waals surface area contributed by atoms with Crippen molar-refractivity contribution in [3.63, 3.8) is 0 Å². The lowest BCUT2D eigenvalue weighted by Crippen LogP contribution is -2.40. The SMILES string of the molecule is CC(C)(C)OC(=O)C(C)(C)Sc1nc(CCOc2ccc(-c3ccc(F)cc3)cc2C(=O)N2CCOCC2)cs1. The highest BCUT2D eigenvalue weighted by Gasteiger charge is 2.34. The molecule has 0 spiro atoms. The number of ether oxygens (including phenoxy) is 3. The molecule has 1 aliphatic heterocycles. The average molecular weight is 587 g/mol. The quantitative estimate of drug-likeness (QED) is 0.217. The van der Waals surface area contributed by atoms with Crippen LogP contribution in [0.2, 0.25) is 0 Å². The molecule has 214 valence electrons. The van der Waals surface area contributed by atoms with Crippen LogP contribution >= 0.6 is 23.1 Å². The van der Waals surface area contributed by atoms with Gasteiger partial charge in [0.2, 0.25) is 0 Å². The Morgan fingerprint density at radius 1 is 1.05 bits per heavy atom. The Kier molecular flexibility index (Phi) is 9.53. The van der Waals surface area contributed by atoms with Gasteiger partial charge >= 0.3 is 5.97 Å². The highest BCUT2D eigenvalue weighted by molar-refractivity contribution is 8.03. The number of nitrogens with zero attached hydrogens (tertiary/aromatic N) is 2. The van der Waals surface area contributed by atoms with E-state index >= 15 is 0 Å². The molecule has 0 bridgehead atoms. The van der Waals surface area contributed by atoms with Crippen molar-refractivity contribution in [2.24, 2.45) is 0 Å². The van der Waals surface area contributed by atoms with Gasteiger partial charge in [0, 0.05) is 24.9 Å². The lowest BCUT2D eigenvalue weighted by molar-refractivity contribution is -0.156. The van der Waals surface area contributed by atoms with Gasteiger partial charge in [-0.3, -0.25) is 9.59 Å². The van der Waals surface area contributed by atoms with Crippen molar-refractivity contribution in [2.45, 2.75) is 55.7 Å². The molecular weight excluding hydrogens is 551 g/mol. The van der Waals surface area contributed by atoms with E-state index in [1.165, 1.54) is 35.2 Å². The van der Waals surface area contributed by atoms with Gasteiger partial charge in [-0.1, -0.05) is 30.0 Å². The van der Waals surface area contributed by atoms with Crippen LogP contribution in [0.5, 0.6) is 5.75 Å². The molecule has 1 amide bonds. The Labute approximate surface area is 243 Å². The molecular formula is C30H35FN2O5S2. The first-order chi connectivity index (χ1) is 18.9. The molecule has 2 aromatic carbocycles. The van der Waals surface area contributed by atoms with E-state index in [0.717, 1.165) is 21.2 Å². The Hall–Kier alpha value is -2.95. The molecule has 3 aromatic rings. The van der Waals surface area contributed by atoms with Crippen molar-refractivity contribution in [3.8, 4) is 16.9 Å². The van der Waals surface area contributed by atoms with E-state index in [2.05, 4.69) is 4.98 Å². The van der Waals surface area contributed by atoms with Gasteiger partial charge in [-0.2, -0.15) is 0 Å². The van der Waals surface area contributed by atoms with Gasteiger partial charge in [-0.25, -0.2) is 9.37 Å². The molecule has 4 rings (SSSR count). The summed E-state index contributed by atoms with van der Waals surface area (Å²) in [6.45, 7) is 11.6. The number of carbonyl (C=O) groups excluding carboxylic acids is 2. The molecule has 0 aliphatic carbocycles. The zero-order valence-corrected chi connectivity index (χ0v) is 25.1. The predicted octanol–water partition coefficient (Wildman–Crippen LogP) is 6.26. The minimum Gasteiger partial charge on any atom is -0.492 e. The molecule has 0 N–H and O–H groups in total. The largest absolute Gasteiger partial charge is 0.492 e. The van der Waals surface area contributed by atoms with E-state index in [1.807, 2.05) is 46.1 Å². The normalized spacial score (nSPS) is 14.2. The highest BCUT2D eigenvalue weighted by Crippen LogP contribution is 2.36. The zero-order valence-electron chi connectivity index (χ0n) is 23.5. The standard InChI is InChI=1S/C30H35FN2O5S2/c1-29(2,3)38-27(35)30(4,5)40-28-32-23(19-39-28)12-15-37-25-11-8-21(20-6-9-22(31)10-7-20)18-24(25)26(34)33-13-16-36-17-14-33/h6-11,18-19H,12-17H2,1-5H3. The van der Waals surface area contributed by atoms with E-state index in [4.69, 9.17) is 14.2 Å². The van der Waals surface area contributed by atoms with E-state index in [-0.39, 0.29) is 17.7 Å². The van der Waals surface area contributed by atoms with Crippen LogP contribution in [0.4, 0.5) is 4.39 Å². The van der Waals surface area contributed by atoms with Crippen LogP contribution in [0.25, 0.3) is 11.1 Å². The van der Waals surface area contributed by atoms with Crippen LogP contribution in [-0.4, -0.2) is 65.0 Å². The Morgan fingerprint density at radius 2 is 1.73 bits per heavy atom. The van der Waals surface area contributed by atoms with Crippen molar-refractivity contribution < 1.29 is 28.2 Å². The van der Waals surface area contributed by atoms with Gasteiger partial charge in [0.25, 0.3) is 5.91 Å². The molecule has 1 aromatic heterocycles. The monoisotopic (exact) mass is 586 g/mol. The van der Waals surface area contributed by atoms with Gasteiger partial charge in [0.05, 0.1) is 31.1 Å². The first-order valence-corrected chi connectivity index (χ1v) is 14.9. The molecule has 7 nitrogen and oxygen atoms in total. The second-order valence-corrected chi connectivity index (χ2v) is 13.7. The molecule has 40 heavy (non-hydrogen) atoms. The third kappa shape index (κ3) is 8.05. The Morgan fingerprint density at radius 3 is 2.40 bits per heavy atom. The Balaban J connectivity index is 1.44. The van der Waals surface area contributed by atoms with Crippen LogP contribution in [0.1, 0.15) is 50.7 Å². The van der Waals surface area contributed by atoms with Crippen LogP contribution in [0.15, 0.2) is 52.2 Å². The summed E-state index contributed by atoms with van der Waals surface area (Å²) in [6.07, 6.45) is 0.537. The predicted molar refractivity (Wildman–Crippen MR) is 156 cm³/mol. The Bertz CT molecular complexity index is 1330. The van der Waals surface area contributed by atoms with Gasteiger partial charge < -0.3 is 19.1 Å². The van der Waals surface area contributed by atoms with Gasteiger partial charge in [-0.05, 0) is 70.0 Å². The second-order valence-electron chi connectivity index (χ2n) is 10.9. The number of morpholine rings is 1. The molecule has 1 fully saturated rings. The number of benzene rings is 2. The summed E-state index contributed by atoms with van der Waals surface area (Å²) in [7, 11) is 0. The van der Waals surface area contributed by atoms with Crippen molar-refractivity contribution in [1.29, 1.82) is 0 Å². The number of rotatable bonds is 9. The summed E-state index contributed by atoms with van der Waals surface area (Å²) in [5, 5.41) is 1.95. The second kappa shape index (κ2) is 12.7. The molecule has 1 saturated heterocycles. The number of thiazole rings is 1. The average Bonchev–Trinajstić information content (AvgIpc) is 3.34. The highest BCUT2D eigenvalue weighted by atomic mass is 32.2. The summed E-state index contributed by atoms with van der Waals surface area (Å²) < 4.78 is 30.5. The fourth-order valence-electron chi connectivity index (χ4n) is 3.96. The number of carbonyl (C=O) groups is 2. The maximum absolute atomic E-state index is 13.5. The molecule has 1 aliphatic rings. The summed E-state index contributed by atoms with van der Waals surface area (Å²) in [6, 6.07) is 11.6. The fraction of sp³-hybridized carbons (Fsp3) is 0.433. The smallest absolute Gasteiger partial charge is 0.322 e. The van der Waals surface area contributed by atoms with E-state index in [9.17, 15) is 14.0 Å². The summed E-state index contributed by atoms with van der Waals surface area (Å²) in [5.74, 6) is -0.242. The van der Waals surface area contributed by atoms with E-state index in [0.29, 0.717) is 50.6 Å². The topological polar surface area (TPSA) is 78.0 Å². The lowest BCUT2D eigenvalue weighted by atomic mass is 10.0. The number of hydrogen-bond acceptors (Lipinski definition) is 8. The first-order valence-electron chi connectivity index (χ1n) is 13.2. The zero-order chi connectivity index (χ0) is 28.9. The third-order valence-electron chi connectivity index (χ3n) is 6.07. The number of hydrogen-bond donors (Lipinski definition) is 0. The molecule has 10 heteroatoms. The maximum atomic E-state index is 13.5. The van der Waals surface area contributed by atoms with Crippen molar-refractivity contribution in [3.05, 3.63) is 64.9 Å². The lowest BCUT2D eigenvalue weighted by Gasteiger charge is -2.27. The van der Waals surface area contributed by atoms with Crippen LogP contribution < -0.4 is 4.74 Å². The molecule has 2 heterocycles. The number of halogens is 1. The first kappa shape index (κ1) is 30.0. The van der Waals surface area contributed by atoms with Crippen LogP contribution in [-0.2, 0) is 20.7 Å². The molecule has 0 radical (unpaired) electrons. The summed E-state index contributed by atoms with van der Waals surface area (Å²) >= 11 is 2.85.